The van der Waals surface area contributed by atoms with Crippen molar-refractivity contribution in [3.8, 4) is 11.3 Å². The second-order valence-electron chi connectivity index (χ2n) is 8.99. The molecule has 0 atom stereocenters. The Morgan fingerprint density at radius 2 is 2.00 bits per heavy atom. The van der Waals surface area contributed by atoms with Crippen molar-refractivity contribution in [2.45, 2.75) is 59.2 Å². The van der Waals surface area contributed by atoms with Crippen molar-refractivity contribution in [2.75, 3.05) is 0 Å². The lowest BCUT2D eigenvalue weighted by Gasteiger charge is -2.34. The summed E-state index contributed by atoms with van der Waals surface area (Å²) in [5, 5.41) is 1.71. The molecular formula is C26H28N2O. The van der Waals surface area contributed by atoms with Crippen LogP contribution in [0.25, 0.3) is 33.3 Å². The van der Waals surface area contributed by atoms with Crippen molar-refractivity contribution in [1.82, 2.24) is 9.97 Å². The number of aryl methyl sites for hydroxylation is 2. The number of furan rings is 1. The van der Waals surface area contributed by atoms with Crippen LogP contribution in [-0.4, -0.2) is 9.97 Å². The molecule has 1 aliphatic carbocycles. The molecule has 148 valence electrons. The van der Waals surface area contributed by atoms with Gasteiger partial charge in [0.05, 0.1) is 11.1 Å². The second-order valence-corrected chi connectivity index (χ2v) is 8.99. The molecule has 0 spiro atoms. The van der Waals surface area contributed by atoms with Gasteiger partial charge in [-0.15, -0.1) is 0 Å². The number of benzene rings is 1. The average molecular weight is 389 g/mol. The van der Waals surface area contributed by atoms with Crippen LogP contribution in [-0.2, 0) is 0 Å². The Morgan fingerprint density at radius 3 is 2.79 bits per heavy atom. The molecule has 0 aliphatic heterocycles. The van der Waals surface area contributed by atoms with E-state index in [4.69, 9.17) is 9.90 Å². The minimum atomic E-state index is -2.30. The summed E-state index contributed by atoms with van der Waals surface area (Å²) < 4.78 is 38.5. The van der Waals surface area contributed by atoms with E-state index in [1.54, 1.807) is 12.3 Å². The number of hydrogen-bond donors (Lipinski definition) is 0. The second kappa shape index (κ2) is 6.69. The lowest BCUT2D eigenvalue weighted by atomic mass is 9.71. The smallest absolute Gasteiger partial charge is 0.227 e. The van der Waals surface area contributed by atoms with Gasteiger partial charge < -0.3 is 4.42 Å². The first-order valence-corrected chi connectivity index (χ1v) is 10.3. The van der Waals surface area contributed by atoms with Gasteiger partial charge in [-0.2, -0.15) is 0 Å². The maximum absolute atomic E-state index is 9.14. The van der Waals surface area contributed by atoms with Crippen LogP contribution >= 0.6 is 0 Å². The highest BCUT2D eigenvalue weighted by Gasteiger charge is 2.28. The molecule has 29 heavy (non-hydrogen) atoms. The largest absolute Gasteiger partial charge is 0.437 e. The predicted octanol–water partition coefficient (Wildman–Crippen LogP) is 7.34. The van der Waals surface area contributed by atoms with Crippen molar-refractivity contribution in [3.63, 3.8) is 0 Å². The van der Waals surface area contributed by atoms with Crippen LogP contribution < -0.4 is 0 Å². The molecule has 1 saturated carbocycles. The fourth-order valence-electron chi connectivity index (χ4n) is 4.50. The van der Waals surface area contributed by atoms with Gasteiger partial charge in [-0.05, 0) is 86.2 Å². The normalized spacial score (nSPS) is 20.8. The Morgan fingerprint density at radius 1 is 1.17 bits per heavy atom. The molecule has 0 amide bonds. The number of hydrogen-bond acceptors (Lipinski definition) is 3. The summed E-state index contributed by atoms with van der Waals surface area (Å²) in [6.07, 6.45) is 5.51. The molecular weight excluding hydrogens is 356 g/mol. The molecule has 0 unspecified atom stereocenters. The summed E-state index contributed by atoms with van der Waals surface area (Å²) in [6, 6.07) is 11.5. The van der Waals surface area contributed by atoms with Gasteiger partial charge in [0, 0.05) is 28.3 Å². The van der Waals surface area contributed by atoms with Gasteiger partial charge >= 0.3 is 0 Å². The van der Waals surface area contributed by atoms with Crippen LogP contribution in [0.3, 0.4) is 0 Å². The van der Waals surface area contributed by atoms with Gasteiger partial charge in [-0.1, -0.05) is 26.0 Å². The fourth-order valence-corrected chi connectivity index (χ4v) is 4.50. The molecule has 0 N–H and O–H groups in total. The molecule has 1 fully saturated rings. The first-order chi connectivity index (χ1) is 15.5. The molecule has 3 heteroatoms. The van der Waals surface area contributed by atoms with Crippen molar-refractivity contribution in [1.29, 1.82) is 0 Å². The minimum absolute atomic E-state index is 0.0320. The SMILES string of the molecule is [2H]C([2H])([2H])c1cc(C)c2c(n1)oc1c(-c3cc(C4([2H])CCC(C)(C)CC4)ccn3)cccc12. The zero-order chi connectivity index (χ0) is 23.6. The van der Waals surface area contributed by atoms with E-state index in [1.807, 2.05) is 37.3 Å². The summed E-state index contributed by atoms with van der Waals surface area (Å²) in [5.74, 6) is -0.609. The summed E-state index contributed by atoms with van der Waals surface area (Å²) in [6.45, 7) is 4.14. The third-order valence-electron chi connectivity index (χ3n) is 6.32. The quantitative estimate of drug-likeness (QED) is 0.360. The molecule has 3 heterocycles. The van der Waals surface area contributed by atoms with Crippen molar-refractivity contribution in [3.05, 3.63) is 59.4 Å². The first-order valence-electron chi connectivity index (χ1n) is 12.3. The van der Waals surface area contributed by atoms with E-state index in [2.05, 4.69) is 23.8 Å². The van der Waals surface area contributed by atoms with E-state index >= 15 is 0 Å². The van der Waals surface area contributed by atoms with Gasteiger partial charge in [0.2, 0.25) is 5.71 Å². The highest BCUT2D eigenvalue weighted by atomic mass is 16.3. The Bertz CT molecular complexity index is 1360. The maximum atomic E-state index is 9.14. The lowest BCUT2D eigenvalue weighted by molar-refractivity contribution is 0.224. The predicted molar refractivity (Wildman–Crippen MR) is 119 cm³/mol. The Hall–Kier alpha value is -2.68. The van der Waals surface area contributed by atoms with Crippen LogP contribution in [0.1, 0.15) is 67.7 Å². The Kier molecular flexibility index (Phi) is 3.30. The van der Waals surface area contributed by atoms with Gasteiger partial charge in [-0.25, -0.2) is 4.98 Å². The Balaban J connectivity index is 1.63. The molecule has 1 aromatic carbocycles. The van der Waals surface area contributed by atoms with Gasteiger partial charge in [0.1, 0.15) is 5.58 Å². The van der Waals surface area contributed by atoms with Gasteiger partial charge in [-0.3, -0.25) is 4.98 Å². The lowest BCUT2D eigenvalue weighted by Crippen LogP contribution is -2.20. The van der Waals surface area contributed by atoms with E-state index in [0.717, 1.165) is 58.8 Å². The zero-order valence-corrected chi connectivity index (χ0v) is 17.2. The van der Waals surface area contributed by atoms with Crippen LogP contribution in [0.2, 0.25) is 0 Å². The molecule has 0 saturated heterocycles. The standard InChI is InChI=1S/C26H28N2O/c1-16-14-17(2)28-25-23(16)21-7-5-6-20(24(21)29-25)22-15-19(10-13-27-22)18-8-11-26(3,4)12-9-18/h5-7,10,13-15,18H,8-9,11-12H2,1-4H3/i2D3,18D. The summed E-state index contributed by atoms with van der Waals surface area (Å²) in [7, 11) is 0. The van der Waals surface area contributed by atoms with Crippen molar-refractivity contribution < 1.29 is 9.90 Å². The third-order valence-corrected chi connectivity index (χ3v) is 6.32. The number of rotatable bonds is 2. The third kappa shape index (κ3) is 3.23. The molecule has 1 aliphatic rings. The van der Waals surface area contributed by atoms with E-state index in [9.17, 15) is 0 Å². The first kappa shape index (κ1) is 14.3. The van der Waals surface area contributed by atoms with E-state index < -0.39 is 12.7 Å². The number of pyridine rings is 2. The Labute approximate surface area is 177 Å². The highest BCUT2D eigenvalue weighted by Crippen LogP contribution is 2.43. The monoisotopic (exact) mass is 388 g/mol. The molecule has 3 aromatic heterocycles. The number of aromatic nitrogens is 2. The summed E-state index contributed by atoms with van der Waals surface area (Å²) in [5.41, 5.74) is 4.66. The van der Waals surface area contributed by atoms with Crippen molar-refractivity contribution >= 4 is 22.1 Å². The van der Waals surface area contributed by atoms with E-state index in [-0.39, 0.29) is 5.69 Å². The summed E-state index contributed by atoms with van der Waals surface area (Å²) >= 11 is 0. The number of fused-ring (bicyclic) bond motifs is 3. The van der Waals surface area contributed by atoms with Gasteiger partial charge in [0.15, 0.2) is 0 Å². The minimum Gasteiger partial charge on any atom is -0.437 e. The molecule has 0 bridgehead atoms. The van der Waals surface area contributed by atoms with E-state index in [1.165, 1.54) is 0 Å². The number of para-hydroxylation sites is 1. The van der Waals surface area contributed by atoms with Crippen LogP contribution in [0.5, 0.6) is 0 Å². The molecule has 5 rings (SSSR count). The number of nitrogens with zero attached hydrogens (tertiary/aromatic N) is 2. The van der Waals surface area contributed by atoms with Crippen LogP contribution in [0.4, 0.5) is 0 Å². The maximum Gasteiger partial charge on any atom is 0.227 e. The van der Waals surface area contributed by atoms with Gasteiger partial charge in [0.25, 0.3) is 0 Å². The molecule has 0 radical (unpaired) electrons. The van der Waals surface area contributed by atoms with Crippen LogP contribution in [0, 0.1) is 19.2 Å². The topological polar surface area (TPSA) is 38.9 Å². The summed E-state index contributed by atoms with van der Waals surface area (Å²) in [4.78, 5) is 8.93. The molecule has 4 aromatic rings. The average Bonchev–Trinajstić information content (AvgIpc) is 3.15. The van der Waals surface area contributed by atoms with Crippen LogP contribution in [0.15, 0.2) is 47.0 Å². The zero-order valence-electron chi connectivity index (χ0n) is 21.2. The van der Waals surface area contributed by atoms with E-state index in [0.29, 0.717) is 16.7 Å². The highest BCUT2D eigenvalue weighted by molar-refractivity contribution is 6.09. The molecule has 3 nitrogen and oxygen atoms in total. The fraction of sp³-hybridized carbons (Fsp3) is 0.385. The van der Waals surface area contributed by atoms with Crippen molar-refractivity contribution in [2.24, 2.45) is 5.41 Å².